The first-order valence-electron chi connectivity index (χ1n) is 4.16. The summed E-state index contributed by atoms with van der Waals surface area (Å²) in [5.74, 6) is 5.22. The van der Waals surface area contributed by atoms with Gasteiger partial charge in [-0.2, -0.15) is 5.10 Å². The summed E-state index contributed by atoms with van der Waals surface area (Å²) >= 11 is 0. The molecule has 0 bridgehead atoms. The van der Waals surface area contributed by atoms with Crippen LogP contribution >= 0.6 is 0 Å². The van der Waals surface area contributed by atoms with Gasteiger partial charge in [-0.15, -0.1) is 0 Å². The van der Waals surface area contributed by atoms with E-state index in [-0.39, 0.29) is 0 Å². The summed E-state index contributed by atoms with van der Waals surface area (Å²) in [5.41, 5.74) is 2.31. The molecule has 64 valence electrons. The lowest BCUT2D eigenvalue weighted by Gasteiger charge is -2.00. The Balaban J connectivity index is 2.64. The smallest absolute Gasteiger partial charge is 0.0416 e. The molecule has 0 saturated carbocycles. The highest BCUT2D eigenvalue weighted by atomic mass is 15.1. The Bertz CT molecular complexity index is 252. The van der Waals surface area contributed by atoms with Gasteiger partial charge in [0.15, 0.2) is 0 Å². The largest absolute Gasteiger partial charge is 0.323 e. The molecular weight excluding hydrogens is 148 g/mol. The zero-order valence-electron chi connectivity index (χ0n) is 7.33. The maximum absolute atomic E-state index is 5.22. The number of rotatable bonds is 3. The van der Waals surface area contributed by atoms with Gasteiger partial charge in [-0.3, -0.25) is 0 Å². The van der Waals surface area contributed by atoms with Crippen LogP contribution in [0.5, 0.6) is 0 Å². The second-order valence-corrected chi connectivity index (χ2v) is 2.71. The average molecular weight is 162 g/mol. The third-order valence-corrected chi connectivity index (χ3v) is 1.84. The Labute approximate surface area is 73.1 Å². The minimum absolute atomic E-state index is 0.869. The van der Waals surface area contributed by atoms with E-state index in [1.54, 1.807) is 0 Å². The first kappa shape index (κ1) is 8.78. The molecule has 0 aromatic heterocycles. The zero-order chi connectivity index (χ0) is 8.81. The topological polar surface area (TPSA) is 38.4 Å². The van der Waals surface area contributed by atoms with Crippen LogP contribution in [0.15, 0.2) is 35.4 Å². The Hall–Kier alpha value is -1.31. The standard InChI is InChI=1S/C10H14N2/c1-2-10(12-11)8-9-6-4-3-5-7-9/h3-7H,2,8,11H2,1H3/b12-10-. The van der Waals surface area contributed by atoms with Crippen molar-refractivity contribution >= 4 is 5.71 Å². The SMILES string of the molecule is CC/C(Cc1ccccc1)=N/N. The molecule has 0 unspecified atom stereocenters. The van der Waals surface area contributed by atoms with Crippen LogP contribution in [0.2, 0.25) is 0 Å². The zero-order valence-corrected chi connectivity index (χ0v) is 7.33. The number of benzene rings is 1. The average Bonchev–Trinajstić information content (AvgIpc) is 2.16. The summed E-state index contributed by atoms with van der Waals surface area (Å²) in [5, 5.41) is 3.72. The van der Waals surface area contributed by atoms with Crippen molar-refractivity contribution in [1.29, 1.82) is 0 Å². The molecule has 0 aliphatic carbocycles. The predicted octanol–water partition coefficient (Wildman–Crippen LogP) is 1.95. The quantitative estimate of drug-likeness (QED) is 0.412. The molecule has 0 aliphatic heterocycles. The van der Waals surface area contributed by atoms with Crippen molar-refractivity contribution in [2.24, 2.45) is 10.9 Å². The van der Waals surface area contributed by atoms with Crippen LogP contribution in [0.1, 0.15) is 18.9 Å². The second kappa shape index (κ2) is 4.54. The van der Waals surface area contributed by atoms with Crippen molar-refractivity contribution in [1.82, 2.24) is 0 Å². The van der Waals surface area contributed by atoms with Crippen LogP contribution in [0, 0.1) is 0 Å². The van der Waals surface area contributed by atoms with Crippen LogP contribution in [-0.4, -0.2) is 5.71 Å². The number of hydrogen-bond acceptors (Lipinski definition) is 2. The highest BCUT2D eigenvalue weighted by Crippen LogP contribution is 2.02. The van der Waals surface area contributed by atoms with Crippen LogP contribution in [0.25, 0.3) is 0 Å². The summed E-state index contributed by atoms with van der Waals surface area (Å²) < 4.78 is 0. The summed E-state index contributed by atoms with van der Waals surface area (Å²) in [7, 11) is 0. The lowest BCUT2D eigenvalue weighted by atomic mass is 10.1. The lowest BCUT2D eigenvalue weighted by molar-refractivity contribution is 1.11. The number of nitrogens with two attached hydrogens (primary N) is 1. The molecule has 0 amide bonds. The van der Waals surface area contributed by atoms with Gasteiger partial charge in [0, 0.05) is 12.1 Å². The molecule has 0 spiro atoms. The molecule has 2 heteroatoms. The normalized spacial score (nSPS) is 11.6. The van der Waals surface area contributed by atoms with Gasteiger partial charge in [0.05, 0.1) is 0 Å². The van der Waals surface area contributed by atoms with Crippen LogP contribution in [-0.2, 0) is 6.42 Å². The van der Waals surface area contributed by atoms with Gasteiger partial charge in [-0.1, -0.05) is 37.3 Å². The molecule has 0 fully saturated rings. The molecule has 0 atom stereocenters. The van der Waals surface area contributed by atoms with E-state index < -0.39 is 0 Å². The van der Waals surface area contributed by atoms with Gasteiger partial charge < -0.3 is 5.84 Å². The van der Waals surface area contributed by atoms with Crippen molar-refractivity contribution < 1.29 is 0 Å². The van der Waals surface area contributed by atoms with E-state index in [0.717, 1.165) is 18.6 Å². The van der Waals surface area contributed by atoms with Crippen molar-refractivity contribution in [2.45, 2.75) is 19.8 Å². The minimum atomic E-state index is 0.869. The molecule has 2 N–H and O–H groups in total. The van der Waals surface area contributed by atoms with Gasteiger partial charge in [-0.05, 0) is 12.0 Å². The fraction of sp³-hybridized carbons (Fsp3) is 0.300. The van der Waals surface area contributed by atoms with E-state index in [2.05, 4.69) is 24.2 Å². The number of hydrogen-bond donors (Lipinski definition) is 1. The van der Waals surface area contributed by atoms with E-state index in [1.807, 2.05) is 18.2 Å². The molecule has 0 radical (unpaired) electrons. The Kier molecular flexibility index (Phi) is 3.33. The molecule has 12 heavy (non-hydrogen) atoms. The van der Waals surface area contributed by atoms with E-state index in [0.29, 0.717) is 0 Å². The van der Waals surface area contributed by atoms with Gasteiger partial charge in [-0.25, -0.2) is 0 Å². The van der Waals surface area contributed by atoms with Crippen molar-refractivity contribution in [3.05, 3.63) is 35.9 Å². The monoisotopic (exact) mass is 162 g/mol. The van der Waals surface area contributed by atoms with Gasteiger partial charge >= 0.3 is 0 Å². The van der Waals surface area contributed by atoms with Gasteiger partial charge in [0.1, 0.15) is 0 Å². The molecular formula is C10H14N2. The predicted molar refractivity (Wildman–Crippen MR) is 52.1 cm³/mol. The molecule has 0 heterocycles. The third-order valence-electron chi connectivity index (χ3n) is 1.84. The maximum Gasteiger partial charge on any atom is 0.0416 e. The minimum Gasteiger partial charge on any atom is -0.323 e. The Morgan fingerprint density at radius 2 is 2.00 bits per heavy atom. The molecule has 1 aromatic rings. The Morgan fingerprint density at radius 3 is 2.50 bits per heavy atom. The van der Waals surface area contributed by atoms with Crippen molar-refractivity contribution in [3.63, 3.8) is 0 Å². The van der Waals surface area contributed by atoms with E-state index in [1.165, 1.54) is 5.56 Å². The second-order valence-electron chi connectivity index (χ2n) is 2.71. The summed E-state index contributed by atoms with van der Waals surface area (Å²) in [4.78, 5) is 0. The third kappa shape index (κ3) is 2.38. The van der Waals surface area contributed by atoms with Crippen LogP contribution in [0.4, 0.5) is 0 Å². The molecule has 0 saturated heterocycles. The molecule has 1 rings (SSSR count). The first-order valence-corrected chi connectivity index (χ1v) is 4.16. The summed E-state index contributed by atoms with van der Waals surface area (Å²) in [6, 6.07) is 10.2. The van der Waals surface area contributed by atoms with Gasteiger partial charge in [0.25, 0.3) is 0 Å². The highest BCUT2D eigenvalue weighted by molar-refractivity contribution is 5.85. The molecule has 0 aliphatic rings. The lowest BCUT2D eigenvalue weighted by Crippen LogP contribution is -2.04. The van der Waals surface area contributed by atoms with E-state index >= 15 is 0 Å². The fourth-order valence-corrected chi connectivity index (χ4v) is 1.09. The Morgan fingerprint density at radius 1 is 1.33 bits per heavy atom. The van der Waals surface area contributed by atoms with Crippen LogP contribution < -0.4 is 5.84 Å². The summed E-state index contributed by atoms with van der Waals surface area (Å²) in [6.45, 7) is 2.06. The van der Waals surface area contributed by atoms with Crippen molar-refractivity contribution in [3.8, 4) is 0 Å². The first-order chi connectivity index (χ1) is 5.86. The molecule has 1 aromatic carbocycles. The number of hydrazone groups is 1. The van der Waals surface area contributed by atoms with E-state index in [9.17, 15) is 0 Å². The van der Waals surface area contributed by atoms with Crippen LogP contribution in [0.3, 0.4) is 0 Å². The fourth-order valence-electron chi connectivity index (χ4n) is 1.09. The van der Waals surface area contributed by atoms with Crippen molar-refractivity contribution in [2.75, 3.05) is 0 Å². The van der Waals surface area contributed by atoms with E-state index in [4.69, 9.17) is 5.84 Å². The highest BCUT2D eigenvalue weighted by Gasteiger charge is 1.96. The maximum atomic E-state index is 5.22. The molecule has 2 nitrogen and oxygen atoms in total. The number of nitrogens with zero attached hydrogens (tertiary/aromatic N) is 1. The summed E-state index contributed by atoms with van der Waals surface area (Å²) in [6.07, 6.45) is 1.79. The van der Waals surface area contributed by atoms with Gasteiger partial charge in [0.2, 0.25) is 0 Å².